The minimum Gasteiger partial charge on any atom is -0.326 e. The Morgan fingerprint density at radius 3 is 2.88 bits per heavy atom. The van der Waals surface area contributed by atoms with E-state index in [2.05, 4.69) is 15.5 Å². The standard InChI is InChI=1S/C8H18N5O3P/c1-2-10-4-3-7(9)6-13-11-5-8(12-13)17(14,15)16/h5,7,10H,2-4,6,9H2,1H3,(H2,14,15,16)/t7-/m1/s1. The van der Waals surface area contributed by atoms with Gasteiger partial charge in [-0.25, -0.2) is 0 Å². The monoisotopic (exact) mass is 263 g/mol. The lowest BCUT2D eigenvalue weighted by molar-refractivity contribution is 0.384. The molecule has 0 aliphatic carbocycles. The summed E-state index contributed by atoms with van der Waals surface area (Å²) in [4.78, 5) is 18.9. The third-order valence-corrected chi connectivity index (χ3v) is 2.96. The molecule has 0 amide bonds. The molecule has 8 nitrogen and oxygen atoms in total. The van der Waals surface area contributed by atoms with Crippen LogP contribution in [-0.4, -0.2) is 43.9 Å². The normalized spacial score (nSPS) is 13.9. The molecule has 1 atom stereocenters. The van der Waals surface area contributed by atoms with E-state index in [-0.39, 0.29) is 11.5 Å². The van der Waals surface area contributed by atoms with E-state index in [0.717, 1.165) is 25.7 Å². The van der Waals surface area contributed by atoms with Crippen molar-refractivity contribution in [3.05, 3.63) is 6.20 Å². The van der Waals surface area contributed by atoms with E-state index in [0.29, 0.717) is 6.54 Å². The molecule has 1 heterocycles. The Bertz CT molecular complexity index is 390. The van der Waals surface area contributed by atoms with Gasteiger partial charge in [-0.05, 0) is 19.5 Å². The molecule has 0 aliphatic heterocycles. The fraction of sp³-hybridized carbons (Fsp3) is 0.750. The van der Waals surface area contributed by atoms with Gasteiger partial charge < -0.3 is 20.8 Å². The zero-order valence-electron chi connectivity index (χ0n) is 9.65. The van der Waals surface area contributed by atoms with Crippen LogP contribution in [0.15, 0.2) is 6.20 Å². The van der Waals surface area contributed by atoms with Gasteiger partial charge in [0.15, 0.2) is 5.44 Å². The van der Waals surface area contributed by atoms with Crippen LogP contribution in [0.25, 0.3) is 0 Å². The predicted molar refractivity (Wildman–Crippen MR) is 62.8 cm³/mol. The molecule has 0 aromatic carbocycles. The van der Waals surface area contributed by atoms with Gasteiger partial charge in [-0.3, -0.25) is 4.57 Å². The number of aromatic nitrogens is 3. The molecule has 98 valence electrons. The third-order valence-electron chi connectivity index (χ3n) is 2.16. The van der Waals surface area contributed by atoms with E-state index < -0.39 is 7.60 Å². The van der Waals surface area contributed by atoms with Gasteiger partial charge in [0.25, 0.3) is 0 Å². The average molecular weight is 263 g/mol. The second-order valence-corrected chi connectivity index (χ2v) is 5.25. The Morgan fingerprint density at radius 1 is 1.65 bits per heavy atom. The van der Waals surface area contributed by atoms with Crippen LogP contribution in [0.3, 0.4) is 0 Å². The van der Waals surface area contributed by atoms with Crippen molar-refractivity contribution >= 4 is 13.0 Å². The van der Waals surface area contributed by atoms with E-state index in [9.17, 15) is 4.57 Å². The molecular formula is C8H18N5O3P. The van der Waals surface area contributed by atoms with E-state index in [1.165, 1.54) is 4.80 Å². The SMILES string of the molecule is CCNCC[C@@H](N)Cn1ncc(P(=O)(O)O)n1. The number of hydrogen-bond donors (Lipinski definition) is 4. The van der Waals surface area contributed by atoms with Crippen LogP contribution >= 0.6 is 7.60 Å². The Hall–Kier alpha value is -0.790. The number of nitrogens with two attached hydrogens (primary N) is 1. The molecular weight excluding hydrogens is 245 g/mol. The molecule has 17 heavy (non-hydrogen) atoms. The summed E-state index contributed by atoms with van der Waals surface area (Å²) in [7, 11) is -4.31. The van der Waals surface area contributed by atoms with Crippen molar-refractivity contribution in [3.63, 3.8) is 0 Å². The number of nitrogens with one attached hydrogen (secondary N) is 1. The summed E-state index contributed by atoms with van der Waals surface area (Å²) in [6, 6.07) is -0.147. The lowest BCUT2D eigenvalue weighted by atomic mass is 10.2. The Morgan fingerprint density at radius 2 is 2.35 bits per heavy atom. The maximum atomic E-state index is 10.9. The van der Waals surface area contributed by atoms with Crippen LogP contribution in [0.5, 0.6) is 0 Å². The summed E-state index contributed by atoms with van der Waals surface area (Å²) in [6.45, 7) is 4.03. The molecule has 0 aliphatic rings. The van der Waals surface area contributed by atoms with E-state index in [4.69, 9.17) is 15.5 Å². The van der Waals surface area contributed by atoms with E-state index in [1.807, 2.05) is 6.92 Å². The fourth-order valence-electron chi connectivity index (χ4n) is 1.27. The smallest absolute Gasteiger partial charge is 0.326 e. The van der Waals surface area contributed by atoms with Crippen LogP contribution in [-0.2, 0) is 11.1 Å². The van der Waals surface area contributed by atoms with Crippen molar-refractivity contribution in [1.82, 2.24) is 20.3 Å². The molecule has 0 saturated carbocycles. The second-order valence-electron chi connectivity index (χ2n) is 3.70. The van der Waals surface area contributed by atoms with Crippen LogP contribution < -0.4 is 16.5 Å². The van der Waals surface area contributed by atoms with Gasteiger partial charge in [0.2, 0.25) is 0 Å². The summed E-state index contributed by atoms with van der Waals surface area (Å²) in [6.07, 6.45) is 1.82. The minimum atomic E-state index is -4.31. The van der Waals surface area contributed by atoms with Crippen LogP contribution in [0.2, 0.25) is 0 Å². The second kappa shape index (κ2) is 6.23. The highest BCUT2D eigenvalue weighted by atomic mass is 31.2. The van der Waals surface area contributed by atoms with Gasteiger partial charge >= 0.3 is 7.60 Å². The molecule has 1 aromatic heterocycles. The molecule has 0 fully saturated rings. The summed E-state index contributed by atoms with van der Waals surface area (Å²) >= 11 is 0. The summed E-state index contributed by atoms with van der Waals surface area (Å²) in [5.41, 5.74) is 5.51. The van der Waals surface area contributed by atoms with Crippen molar-refractivity contribution in [2.75, 3.05) is 13.1 Å². The van der Waals surface area contributed by atoms with Crippen molar-refractivity contribution in [2.45, 2.75) is 25.9 Å². The Balaban J connectivity index is 2.46. The van der Waals surface area contributed by atoms with Crippen molar-refractivity contribution in [1.29, 1.82) is 0 Å². The highest BCUT2D eigenvalue weighted by Gasteiger charge is 2.21. The van der Waals surface area contributed by atoms with Gasteiger partial charge in [-0.2, -0.15) is 9.90 Å². The summed E-state index contributed by atoms with van der Waals surface area (Å²) in [5.74, 6) is 0. The minimum absolute atomic E-state index is 0.147. The lowest BCUT2D eigenvalue weighted by Crippen LogP contribution is -2.31. The van der Waals surface area contributed by atoms with E-state index >= 15 is 0 Å². The Labute approximate surface area is 99.4 Å². The molecule has 0 spiro atoms. The number of hydrogen-bond acceptors (Lipinski definition) is 5. The predicted octanol–water partition coefficient (Wildman–Crippen LogP) is -1.59. The third kappa shape index (κ3) is 4.93. The first-order valence-corrected chi connectivity index (χ1v) is 6.97. The average Bonchev–Trinajstić information content (AvgIpc) is 2.66. The van der Waals surface area contributed by atoms with Gasteiger partial charge in [0, 0.05) is 6.04 Å². The van der Waals surface area contributed by atoms with Gasteiger partial charge in [0.1, 0.15) is 0 Å². The zero-order chi connectivity index (χ0) is 12.9. The number of nitrogens with zero attached hydrogens (tertiary/aromatic N) is 3. The maximum Gasteiger partial charge on any atom is 0.378 e. The largest absolute Gasteiger partial charge is 0.378 e. The summed E-state index contributed by atoms with van der Waals surface area (Å²) in [5, 5.41) is 10.6. The van der Waals surface area contributed by atoms with Gasteiger partial charge in [-0.15, -0.1) is 5.10 Å². The zero-order valence-corrected chi connectivity index (χ0v) is 10.5. The summed E-state index contributed by atoms with van der Waals surface area (Å²) < 4.78 is 10.9. The first-order valence-electron chi connectivity index (χ1n) is 5.36. The Kier molecular flexibility index (Phi) is 5.23. The molecule has 0 unspecified atom stereocenters. The van der Waals surface area contributed by atoms with Crippen molar-refractivity contribution < 1.29 is 14.4 Å². The van der Waals surface area contributed by atoms with Crippen molar-refractivity contribution in [2.24, 2.45) is 5.73 Å². The van der Waals surface area contributed by atoms with Crippen LogP contribution in [0.4, 0.5) is 0 Å². The highest BCUT2D eigenvalue weighted by molar-refractivity contribution is 7.59. The maximum absolute atomic E-state index is 10.9. The highest BCUT2D eigenvalue weighted by Crippen LogP contribution is 2.31. The molecule has 9 heteroatoms. The fourth-order valence-corrected chi connectivity index (χ4v) is 1.70. The molecule has 0 radical (unpaired) electrons. The number of rotatable bonds is 7. The molecule has 1 aromatic rings. The van der Waals surface area contributed by atoms with Gasteiger partial charge in [-0.1, -0.05) is 6.92 Å². The quantitative estimate of drug-likeness (QED) is 0.345. The molecule has 0 saturated heterocycles. The van der Waals surface area contributed by atoms with Crippen LogP contribution in [0.1, 0.15) is 13.3 Å². The van der Waals surface area contributed by atoms with Gasteiger partial charge in [0.05, 0.1) is 12.7 Å². The first kappa shape index (κ1) is 14.3. The molecule has 1 rings (SSSR count). The topological polar surface area (TPSA) is 126 Å². The van der Waals surface area contributed by atoms with E-state index in [1.54, 1.807) is 0 Å². The lowest BCUT2D eigenvalue weighted by Gasteiger charge is -2.10. The molecule has 5 N–H and O–H groups in total. The first-order chi connectivity index (χ1) is 7.93. The van der Waals surface area contributed by atoms with Crippen LogP contribution in [0, 0.1) is 0 Å². The van der Waals surface area contributed by atoms with Crippen molar-refractivity contribution in [3.8, 4) is 0 Å². The molecule has 0 bridgehead atoms.